The molecule has 0 unspecified atom stereocenters. The Balaban J connectivity index is 3.43. The normalized spacial score (nSPS) is 12.1. The quantitative estimate of drug-likeness (QED) is 0.634. The lowest BCUT2D eigenvalue weighted by molar-refractivity contribution is -0.144. The van der Waals surface area contributed by atoms with Gasteiger partial charge >= 0.3 is 18.3 Å². The summed E-state index contributed by atoms with van der Waals surface area (Å²) < 4.78 is 80.6. The van der Waals surface area contributed by atoms with Crippen LogP contribution in [-0.4, -0.2) is 18.4 Å². The minimum Gasteiger partial charge on any atom is -0.454 e. The number of hydrogen-bond acceptors (Lipinski definition) is 3. The van der Waals surface area contributed by atoms with E-state index in [2.05, 4.69) is 4.74 Å². The third-order valence-corrected chi connectivity index (χ3v) is 2.29. The van der Waals surface area contributed by atoms with Crippen LogP contribution in [0.5, 0.6) is 0 Å². The molecule has 116 valence electrons. The summed E-state index contributed by atoms with van der Waals surface area (Å²) in [6, 6.07) is 1.20. The van der Waals surface area contributed by atoms with Gasteiger partial charge in [0.05, 0.1) is 16.7 Å². The van der Waals surface area contributed by atoms with E-state index in [1.807, 2.05) is 0 Å². The van der Waals surface area contributed by atoms with Gasteiger partial charge < -0.3 is 4.74 Å². The van der Waals surface area contributed by atoms with Crippen molar-refractivity contribution in [2.24, 2.45) is 0 Å². The van der Waals surface area contributed by atoms with Crippen LogP contribution in [0.15, 0.2) is 18.2 Å². The summed E-state index contributed by atoms with van der Waals surface area (Å²) in [5.41, 5.74) is -5.20. The number of esters is 1. The second-order valence-electron chi connectivity index (χ2n) is 4.00. The topological polar surface area (TPSA) is 43.4 Å². The predicted octanol–water partition coefficient (Wildman–Crippen LogP) is 3.47. The fourth-order valence-electron chi connectivity index (χ4n) is 1.48. The largest absolute Gasteiger partial charge is 0.454 e. The Hall–Kier alpha value is -2.06. The van der Waals surface area contributed by atoms with Crippen LogP contribution < -0.4 is 0 Å². The molecule has 0 N–H and O–H groups in total. The van der Waals surface area contributed by atoms with Crippen LogP contribution in [0.3, 0.4) is 0 Å². The van der Waals surface area contributed by atoms with Crippen molar-refractivity contribution >= 4 is 11.8 Å². The van der Waals surface area contributed by atoms with E-state index in [-0.39, 0.29) is 0 Å². The Morgan fingerprint density at radius 3 is 1.76 bits per heavy atom. The molecule has 1 aromatic rings. The minimum absolute atomic E-state index is 0.333. The van der Waals surface area contributed by atoms with Gasteiger partial charge in [-0.2, -0.15) is 26.3 Å². The number of ether oxygens (including phenoxy) is 1. The summed E-state index contributed by atoms with van der Waals surface area (Å²) in [5, 5.41) is 0. The third-order valence-electron chi connectivity index (χ3n) is 2.29. The SMILES string of the molecule is CC(=O)COC(=O)c1c(C(F)(F)F)cccc1C(F)(F)F. The average Bonchev–Trinajstić information content (AvgIpc) is 2.32. The van der Waals surface area contributed by atoms with Gasteiger partial charge in [-0.1, -0.05) is 6.07 Å². The van der Waals surface area contributed by atoms with Crippen molar-refractivity contribution in [2.45, 2.75) is 19.3 Å². The lowest BCUT2D eigenvalue weighted by Crippen LogP contribution is -2.22. The van der Waals surface area contributed by atoms with E-state index < -0.39 is 47.4 Å². The molecular weight excluding hydrogens is 306 g/mol. The van der Waals surface area contributed by atoms with E-state index in [1.165, 1.54) is 0 Å². The van der Waals surface area contributed by atoms with Crippen LogP contribution in [0.1, 0.15) is 28.4 Å². The van der Waals surface area contributed by atoms with Gasteiger partial charge in [-0.05, 0) is 19.1 Å². The lowest BCUT2D eigenvalue weighted by atomic mass is 10.00. The molecule has 0 heterocycles. The van der Waals surface area contributed by atoms with E-state index in [1.54, 1.807) is 0 Å². The molecule has 0 atom stereocenters. The van der Waals surface area contributed by atoms with Crippen LogP contribution in [-0.2, 0) is 21.9 Å². The van der Waals surface area contributed by atoms with Crippen LogP contribution in [0.4, 0.5) is 26.3 Å². The number of carbonyl (C=O) groups excluding carboxylic acids is 2. The summed E-state index contributed by atoms with van der Waals surface area (Å²) in [6.07, 6.45) is -10.3. The highest BCUT2D eigenvalue weighted by molar-refractivity contribution is 5.94. The molecule has 9 heteroatoms. The van der Waals surface area contributed by atoms with Gasteiger partial charge in [-0.25, -0.2) is 4.79 Å². The van der Waals surface area contributed by atoms with E-state index in [4.69, 9.17) is 0 Å². The van der Waals surface area contributed by atoms with Crippen molar-refractivity contribution in [1.29, 1.82) is 0 Å². The maximum atomic E-state index is 12.7. The van der Waals surface area contributed by atoms with E-state index in [0.29, 0.717) is 18.2 Å². The van der Waals surface area contributed by atoms with Crippen molar-refractivity contribution in [2.75, 3.05) is 6.61 Å². The molecule has 0 saturated carbocycles. The molecule has 0 aromatic heterocycles. The first kappa shape index (κ1) is 17.0. The molecule has 0 aliphatic rings. The fraction of sp³-hybridized carbons (Fsp3) is 0.333. The van der Waals surface area contributed by atoms with Crippen LogP contribution in [0.25, 0.3) is 0 Å². The lowest BCUT2D eigenvalue weighted by Gasteiger charge is -2.17. The van der Waals surface area contributed by atoms with Crippen LogP contribution >= 0.6 is 0 Å². The van der Waals surface area contributed by atoms with E-state index in [9.17, 15) is 35.9 Å². The molecule has 0 saturated heterocycles. The molecule has 21 heavy (non-hydrogen) atoms. The highest BCUT2D eigenvalue weighted by Gasteiger charge is 2.43. The Bertz CT molecular complexity index is 527. The smallest absolute Gasteiger partial charge is 0.417 e. The van der Waals surface area contributed by atoms with Gasteiger partial charge in [0.2, 0.25) is 0 Å². The number of rotatable bonds is 3. The maximum absolute atomic E-state index is 12.7. The summed E-state index contributed by atoms with van der Waals surface area (Å²) in [4.78, 5) is 22.1. The van der Waals surface area contributed by atoms with Gasteiger partial charge in [-0.15, -0.1) is 0 Å². The highest BCUT2D eigenvalue weighted by atomic mass is 19.4. The van der Waals surface area contributed by atoms with Gasteiger partial charge in [0.15, 0.2) is 5.78 Å². The van der Waals surface area contributed by atoms with Crippen molar-refractivity contribution in [3.63, 3.8) is 0 Å². The Morgan fingerprint density at radius 1 is 1.00 bits per heavy atom. The molecule has 0 bridgehead atoms. The number of alkyl halides is 6. The molecule has 0 amide bonds. The second-order valence-corrected chi connectivity index (χ2v) is 4.00. The van der Waals surface area contributed by atoms with Crippen molar-refractivity contribution in [3.05, 3.63) is 34.9 Å². The van der Waals surface area contributed by atoms with Crippen LogP contribution in [0.2, 0.25) is 0 Å². The number of hydrogen-bond donors (Lipinski definition) is 0. The average molecular weight is 314 g/mol. The second kappa shape index (κ2) is 5.74. The standard InChI is InChI=1S/C12H8F6O3/c1-6(19)5-21-10(20)9-7(11(13,14)15)3-2-4-8(9)12(16,17)18/h2-4H,5H2,1H3. The Labute approximate surface area is 114 Å². The molecule has 0 fully saturated rings. The van der Waals surface area contributed by atoms with E-state index in [0.717, 1.165) is 6.92 Å². The van der Waals surface area contributed by atoms with Gasteiger partial charge in [0, 0.05) is 0 Å². The number of benzene rings is 1. The summed E-state index contributed by atoms with van der Waals surface area (Å²) in [6.45, 7) is 0.0515. The fourth-order valence-corrected chi connectivity index (χ4v) is 1.48. The molecular formula is C12H8F6O3. The first-order valence-corrected chi connectivity index (χ1v) is 5.38. The third kappa shape index (κ3) is 4.20. The van der Waals surface area contributed by atoms with Crippen molar-refractivity contribution in [1.82, 2.24) is 0 Å². The Kier molecular flexibility index (Phi) is 4.65. The minimum atomic E-state index is -5.17. The molecule has 0 radical (unpaired) electrons. The van der Waals surface area contributed by atoms with Crippen LogP contribution in [0, 0.1) is 0 Å². The number of Topliss-reactive ketones (excluding diaryl/α,β-unsaturated/α-hetero) is 1. The molecule has 0 aliphatic carbocycles. The van der Waals surface area contributed by atoms with Gasteiger partial charge in [-0.3, -0.25) is 4.79 Å². The number of halogens is 6. The summed E-state index contributed by atoms with van der Waals surface area (Å²) in [7, 11) is 0. The predicted molar refractivity (Wildman–Crippen MR) is 57.4 cm³/mol. The molecule has 0 spiro atoms. The first-order valence-electron chi connectivity index (χ1n) is 5.38. The zero-order chi connectivity index (χ0) is 16.4. The maximum Gasteiger partial charge on any atom is 0.417 e. The summed E-state index contributed by atoms with van der Waals surface area (Å²) >= 11 is 0. The molecule has 1 rings (SSSR count). The molecule has 0 aliphatic heterocycles. The summed E-state index contributed by atoms with van der Waals surface area (Å²) in [5.74, 6) is -2.58. The number of ketones is 1. The van der Waals surface area contributed by atoms with Crippen molar-refractivity contribution in [3.8, 4) is 0 Å². The first-order chi connectivity index (χ1) is 9.44. The van der Waals surface area contributed by atoms with Gasteiger partial charge in [0.1, 0.15) is 6.61 Å². The zero-order valence-corrected chi connectivity index (χ0v) is 10.4. The molecule has 3 nitrogen and oxygen atoms in total. The number of carbonyl (C=O) groups is 2. The zero-order valence-electron chi connectivity index (χ0n) is 10.4. The van der Waals surface area contributed by atoms with Gasteiger partial charge in [0.25, 0.3) is 0 Å². The molecule has 1 aromatic carbocycles. The van der Waals surface area contributed by atoms with E-state index >= 15 is 0 Å². The highest BCUT2D eigenvalue weighted by Crippen LogP contribution is 2.39. The Morgan fingerprint density at radius 2 is 1.43 bits per heavy atom. The monoisotopic (exact) mass is 314 g/mol. The van der Waals surface area contributed by atoms with Crippen molar-refractivity contribution < 1.29 is 40.7 Å².